The molecule has 118 valence electrons. The Morgan fingerprint density at radius 1 is 1.26 bits per heavy atom. The van der Waals surface area contributed by atoms with Crippen molar-refractivity contribution in [3.63, 3.8) is 0 Å². The number of nitrogens with zero attached hydrogens (tertiary/aromatic N) is 3. The third kappa shape index (κ3) is 3.29. The highest BCUT2D eigenvalue weighted by Gasteiger charge is 2.13. The highest BCUT2D eigenvalue weighted by Crippen LogP contribution is 2.22. The van der Waals surface area contributed by atoms with Crippen molar-refractivity contribution in [3.05, 3.63) is 61.4 Å². The van der Waals surface area contributed by atoms with Gasteiger partial charge in [0, 0.05) is 10.4 Å². The van der Waals surface area contributed by atoms with E-state index in [1.807, 2.05) is 37.4 Å². The molecule has 0 saturated carbocycles. The molecule has 3 rings (SSSR count). The van der Waals surface area contributed by atoms with Crippen LogP contribution in [0.4, 0.5) is 0 Å². The number of hydrogen-bond acceptors (Lipinski definition) is 4. The van der Waals surface area contributed by atoms with Crippen molar-refractivity contribution in [3.8, 4) is 0 Å². The second kappa shape index (κ2) is 6.63. The fourth-order valence-corrected chi connectivity index (χ4v) is 3.31. The number of aryl methyl sites for hydroxylation is 1. The maximum Gasteiger partial charge on any atom is 0.266 e. The van der Waals surface area contributed by atoms with Gasteiger partial charge >= 0.3 is 0 Å². The van der Waals surface area contributed by atoms with Gasteiger partial charge in [0.1, 0.15) is 5.65 Å². The Kier molecular flexibility index (Phi) is 4.75. The number of benzene rings is 1. The number of pyridine rings is 1. The average Bonchev–Trinajstić information content (AvgIpc) is 2.54. The van der Waals surface area contributed by atoms with Crippen LogP contribution in [0.5, 0.6) is 0 Å². The summed E-state index contributed by atoms with van der Waals surface area (Å²) in [5.74, 6) is 0. The van der Waals surface area contributed by atoms with Gasteiger partial charge in [0.2, 0.25) is 0 Å². The molecule has 0 unspecified atom stereocenters. The van der Waals surface area contributed by atoms with Gasteiger partial charge in [0.25, 0.3) is 5.56 Å². The smallest absolute Gasteiger partial charge is 0.266 e. The zero-order valence-corrected chi connectivity index (χ0v) is 15.7. The molecular weight excluding hydrogens is 398 g/mol. The Labute approximate surface area is 151 Å². The highest BCUT2D eigenvalue weighted by atomic mass is 79.9. The first kappa shape index (κ1) is 16.5. The summed E-state index contributed by atoms with van der Waals surface area (Å²) < 4.78 is 2.17. The van der Waals surface area contributed by atoms with Gasteiger partial charge in [0.05, 0.1) is 16.7 Å². The monoisotopic (exact) mass is 409 g/mol. The molecule has 0 spiro atoms. The van der Waals surface area contributed by atoms with E-state index < -0.39 is 0 Å². The summed E-state index contributed by atoms with van der Waals surface area (Å²) in [4.78, 5) is 21.6. The molecule has 0 fully saturated rings. The van der Waals surface area contributed by atoms with Crippen molar-refractivity contribution in [2.24, 2.45) is 0 Å². The number of halogens is 2. The molecule has 0 N–H and O–H groups in total. The standard InChI is InChI=1S/C16H13BrClN3OS/c1-9-12-7-13(17)15(22)21(14(12)20-16(19-9)23-2)8-10-3-5-11(18)6-4-10/h3-7H,8H2,1-2H3. The Morgan fingerprint density at radius 2 is 1.96 bits per heavy atom. The van der Waals surface area contributed by atoms with Gasteiger partial charge in [0.15, 0.2) is 5.16 Å². The van der Waals surface area contributed by atoms with Crippen LogP contribution in [-0.4, -0.2) is 20.8 Å². The van der Waals surface area contributed by atoms with Crippen molar-refractivity contribution < 1.29 is 0 Å². The van der Waals surface area contributed by atoms with Gasteiger partial charge in [-0.05, 0) is 52.9 Å². The lowest BCUT2D eigenvalue weighted by Crippen LogP contribution is -2.23. The molecule has 23 heavy (non-hydrogen) atoms. The van der Waals surface area contributed by atoms with E-state index in [2.05, 4.69) is 25.9 Å². The van der Waals surface area contributed by atoms with Gasteiger partial charge in [-0.2, -0.15) is 0 Å². The largest absolute Gasteiger partial charge is 0.287 e. The second-order valence-corrected chi connectivity index (χ2v) is 7.11. The minimum atomic E-state index is -0.113. The molecule has 0 bridgehead atoms. The first-order chi connectivity index (χ1) is 11.0. The fourth-order valence-electron chi connectivity index (χ4n) is 2.34. The predicted octanol–water partition coefficient (Wildman–Crippen LogP) is 4.29. The maximum atomic E-state index is 12.6. The maximum absolute atomic E-state index is 12.6. The number of hydrogen-bond donors (Lipinski definition) is 0. The minimum absolute atomic E-state index is 0.113. The molecule has 1 aromatic carbocycles. The summed E-state index contributed by atoms with van der Waals surface area (Å²) in [7, 11) is 0. The van der Waals surface area contributed by atoms with Crippen molar-refractivity contribution >= 4 is 50.3 Å². The quantitative estimate of drug-likeness (QED) is 0.477. The third-order valence-electron chi connectivity index (χ3n) is 3.51. The van der Waals surface area contributed by atoms with Crippen molar-refractivity contribution in [1.29, 1.82) is 0 Å². The van der Waals surface area contributed by atoms with E-state index in [0.717, 1.165) is 16.6 Å². The van der Waals surface area contributed by atoms with E-state index in [1.165, 1.54) is 11.8 Å². The van der Waals surface area contributed by atoms with E-state index >= 15 is 0 Å². The molecule has 0 radical (unpaired) electrons. The summed E-state index contributed by atoms with van der Waals surface area (Å²) in [5, 5.41) is 2.19. The van der Waals surface area contributed by atoms with Crippen molar-refractivity contribution in [2.45, 2.75) is 18.6 Å². The van der Waals surface area contributed by atoms with E-state index in [0.29, 0.717) is 26.8 Å². The zero-order chi connectivity index (χ0) is 16.6. The van der Waals surface area contributed by atoms with E-state index in [-0.39, 0.29) is 5.56 Å². The molecule has 2 aromatic heterocycles. The van der Waals surface area contributed by atoms with Gasteiger partial charge in [-0.3, -0.25) is 9.36 Å². The molecule has 2 heterocycles. The van der Waals surface area contributed by atoms with Crippen LogP contribution in [0.1, 0.15) is 11.3 Å². The third-order valence-corrected chi connectivity index (χ3v) is 4.88. The summed E-state index contributed by atoms with van der Waals surface area (Å²) in [5.41, 5.74) is 2.37. The normalized spacial score (nSPS) is 11.1. The molecule has 3 aromatic rings. The average molecular weight is 411 g/mol. The van der Waals surface area contributed by atoms with Crippen LogP contribution in [0.25, 0.3) is 11.0 Å². The molecule has 4 nitrogen and oxygen atoms in total. The van der Waals surface area contributed by atoms with Gasteiger partial charge < -0.3 is 0 Å². The van der Waals surface area contributed by atoms with Crippen LogP contribution >= 0.6 is 39.3 Å². The lowest BCUT2D eigenvalue weighted by Gasteiger charge is -2.12. The van der Waals surface area contributed by atoms with Gasteiger partial charge in [-0.1, -0.05) is 35.5 Å². The van der Waals surface area contributed by atoms with E-state index in [9.17, 15) is 4.79 Å². The Bertz CT molecular complexity index is 941. The first-order valence-corrected chi connectivity index (χ1v) is 9.25. The fraction of sp³-hybridized carbons (Fsp3) is 0.188. The van der Waals surface area contributed by atoms with Crippen molar-refractivity contribution in [2.75, 3.05) is 6.26 Å². The molecule has 0 aliphatic heterocycles. The number of fused-ring (bicyclic) bond motifs is 1. The minimum Gasteiger partial charge on any atom is -0.287 e. The van der Waals surface area contributed by atoms with E-state index in [1.54, 1.807) is 10.6 Å². The van der Waals surface area contributed by atoms with Crippen molar-refractivity contribution in [1.82, 2.24) is 14.5 Å². The molecule has 7 heteroatoms. The van der Waals surface area contributed by atoms with Crippen LogP contribution in [0.2, 0.25) is 5.02 Å². The zero-order valence-electron chi connectivity index (χ0n) is 12.5. The van der Waals surface area contributed by atoms with Crippen LogP contribution in [0, 0.1) is 6.92 Å². The summed E-state index contributed by atoms with van der Waals surface area (Å²) in [6, 6.07) is 9.23. The Balaban J connectivity index is 2.24. The number of aromatic nitrogens is 3. The number of thioether (sulfide) groups is 1. The molecule has 0 aliphatic carbocycles. The first-order valence-electron chi connectivity index (χ1n) is 6.85. The molecular formula is C16H13BrClN3OS. The van der Waals surface area contributed by atoms with Gasteiger partial charge in [-0.15, -0.1) is 0 Å². The van der Waals surface area contributed by atoms with Crippen LogP contribution in [-0.2, 0) is 6.54 Å². The highest BCUT2D eigenvalue weighted by molar-refractivity contribution is 9.10. The SMILES string of the molecule is CSc1nc(C)c2cc(Br)c(=O)n(Cc3ccc(Cl)cc3)c2n1. The molecule has 0 aliphatic rings. The van der Waals surface area contributed by atoms with Gasteiger partial charge in [-0.25, -0.2) is 9.97 Å². The molecule has 0 amide bonds. The lowest BCUT2D eigenvalue weighted by molar-refractivity contribution is 0.765. The molecule has 0 atom stereocenters. The topological polar surface area (TPSA) is 47.8 Å². The number of rotatable bonds is 3. The summed E-state index contributed by atoms with van der Waals surface area (Å²) in [6.07, 6.45) is 1.92. The molecule has 0 saturated heterocycles. The lowest BCUT2D eigenvalue weighted by atomic mass is 10.2. The Hall–Kier alpha value is -1.37. The Morgan fingerprint density at radius 3 is 2.61 bits per heavy atom. The van der Waals surface area contributed by atoms with E-state index in [4.69, 9.17) is 11.6 Å². The summed E-state index contributed by atoms with van der Waals surface area (Å²) in [6.45, 7) is 2.35. The summed E-state index contributed by atoms with van der Waals surface area (Å²) >= 11 is 10.7. The van der Waals surface area contributed by atoms with Crippen LogP contribution in [0.15, 0.2) is 44.8 Å². The van der Waals surface area contributed by atoms with Crippen LogP contribution < -0.4 is 5.56 Å². The second-order valence-electron chi connectivity index (χ2n) is 5.04. The van der Waals surface area contributed by atoms with Crippen LogP contribution in [0.3, 0.4) is 0 Å². The predicted molar refractivity (Wildman–Crippen MR) is 98.6 cm³/mol.